The monoisotopic (exact) mass is 343 g/mol. The Labute approximate surface area is 125 Å². The summed E-state index contributed by atoms with van der Waals surface area (Å²) in [6.07, 6.45) is 1.45. The molecule has 1 atom stereocenters. The highest BCUT2D eigenvalue weighted by Crippen LogP contribution is 2.21. The molecule has 20 heavy (non-hydrogen) atoms. The van der Waals surface area contributed by atoms with Crippen molar-refractivity contribution in [2.24, 2.45) is 5.92 Å². The van der Waals surface area contributed by atoms with E-state index in [1.165, 1.54) is 19.2 Å². The highest BCUT2D eigenvalue weighted by Gasteiger charge is 2.29. The molecule has 6 heteroatoms. The van der Waals surface area contributed by atoms with Crippen molar-refractivity contribution in [3.8, 4) is 0 Å². The fraction of sp³-hybridized carbons (Fsp3) is 0.429. The first-order valence-electron chi connectivity index (χ1n) is 6.34. The Bertz CT molecular complexity index is 515. The highest BCUT2D eigenvalue weighted by molar-refractivity contribution is 9.10. The van der Waals surface area contributed by atoms with Gasteiger partial charge in [-0.3, -0.25) is 9.59 Å². The fourth-order valence-electron chi connectivity index (χ4n) is 2.38. The molecular weight excluding hydrogens is 329 g/mol. The van der Waals surface area contributed by atoms with Crippen LogP contribution in [-0.2, 0) is 9.53 Å². The van der Waals surface area contributed by atoms with Gasteiger partial charge in [0.2, 0.25) is 0 Å². The van der Waals surface area contributed by atoms with Crippen LogP contribution in [0.3, 0.4) is 0 Å². The van der Waals surface area contributed by atoms with Gasteiger partial charge in [-0.15, -0.1) is 0 Å². The number of benzene rings is 1. The van der Waals surface area contributed by atoms with Crippen molar-refractivity contribution < 1.29 is 18.7 Å². The van der Waals surface area contributed by atoms with Crippen LogP contribution in [0.5, 0.6) is 0 Å². The van der Waals surface area contributed by atoms with E-state index in [0.717, 1.165) is 6.42 Å². The van der Waals surface area contributed by atoms with Crippen molar-refractivity contribution in [2.45, 2.75) is 12.8 Å². The minimum absolute atomic E-state index is 0.265. The maximum absolute atomic E-state index is 13.3. The van der Waals surface area contributed by atoms with Crippen molar-refractivity contribution in [3.05, 3.63) is 34.1 Å². The van der Waals surface area contributed by atoms with Crippen LogP contribution in [0.25, 0.3) is 0 Å². The lowest BCUT2D eigenvalue weighted by Crippen LogP contribution is -2.42. The molecular formula is C14H15BrFNO3. The van der Waals surface area contributed by atoms with Gasteiger partial charge in [-0.1, -0.05) is 15.9 Å². The molecule has 0 aromatic heterocycles. The van der Waals surface area contributed by atoms with Gasteiger partial charge in [0.25, 0.3) is 5.91 Å². The summed E-state index contributed by atoms with van der Waals surface area (Å²) in [6, 6.07) is 4.08. The second kappa shape index (κ2) is 6.35. The molecule has 0 bridgehead atoms. The highest BCUT2D eigenvalue weighted by atomic mass is 79.9. The number of nitrogens with zero attached hydrogens (tertiary/aromatic N) is 1. The lowest BCUT2D eigenvalue weighted by Gasteiger charge is -2.31. The standard InChI is InChI=1S/C14H15BrFNO3/c1-20-14(19)9-3-2-4-17(8-9)13(18)10-5-11(15)7-12(16)6-10/h5-7,9H,2-4,8H2,1H3. The Kier molecular flexibility index (Phi) is 4.75. The number of hydrogen-bond donors (Lipinski definition) is 0. The van der Waals surface area contributed by atoms with Crippen molar-refractivity contribution in [1.29, 1.82) is 0 Å². The average molecular weight is 344 g/mol. The average Bonchev–Trinajstić information content (AvgIpc) is 2.44. The number of rotatable bonds is 2. The van der Waals surface area contributed by atoms with Gasteiger partial charge in [-0.25, -0.2) is 4.39 Å². The van der Waals surface area contributed by atoms with E-state index in [0.29, 0.717) is 24.0 Å². The van der Waals surface area contributed by atoms with Gasteiger partial charge in [0.1, 0.15) is 5.82 Å². The van der Waals surface area contributed by atoms with Crippen LogP contribution in [0.15, 0.2) is 22.7 Å². The predicted molar refractivity (Wildman–Crippen MR) is 74.7 cm³/mol. The molecule has 108 valence electrons. The number of carbonyl (C=O) groups is 2. The third-order valence-corrected chi connectivity index (χ3v) is 3.81. The smallest absolute Gasteiger partial charge is 0.310 e. The third kappa shape index (κ3) is 3.36. The number of amides is 1. The SMILES string of the molecule is COC(=O)C1CCCN(C(=O)c2cc(F)cc(Br)c2)C1. The molecule has 1 amide bonds. The molecule has 0 saturated carbocycles. The maximum atomic E-state index is 13.3. The lowest BCUT2D eigenvalue weighted by molar-refractivity contribution is -0.146. The molecule has 1 unspecified atom stereocenters. The van der Waals surface area contributed by atoms with Crippen molar-refractivity contribution in [1.82, 2.24) is 4.90 Å². The predicted octanol–water partition coefficient (Wildman–Crippen LogP) is 2.61. The lowest BCUT2D eigenvalue weighted by atomic mass is 9.97. The molecule has 0 radical (unpaired) electrons. The molecule has 1 aliphatic heterocycles. The summed E-state index contributed by atoms with van der Waals surface area (Å²) >= 11 is 3.17. The Morgan fingerprint density at radius 2 is 2.15 bits per heavy atom. The number of esters is 1. The zero-order valence-corrected chi connectivity index (χ0v) is 12.7. The topological polar surface area (TPSA) is 46.6 Å². The van der Waals surface area contributed by atoms with Crippen molar-refractivity contribution in [3.63, 3.8) is 0 Å². The van der Waals surface area contributed by atoms with Crippen LogP contribution in [-0.4, -0.2) is 37.0 Å². The number of likely N-dealkylation sites (tertiary alicyclic amines) is 1. The minimum atomic E-state index is -0.468. The Morgan fingerprint density at radius 3 is 2.80 bits per heavy atom. The fourth-order valence-corrected chi connectivity index (χ4v) is 2.85. The molecule has 1 heterocycles. The largest absolute Gasteiger partial charge is 0.469 e. The number of hydrogen-bond acceptors (Lipinski definition) is 3. The first-order valence-corrected chi connectivity index (χ1v) is 7.13. The van der Waals surface area contributed by atoms with E-state index in [1.54, 1.807) is 11.0 Å². The van der Waals surface area contributed by atoms with Crippen LogP contribution in [0.2, 0.25) is 0 Å². The molecule has 4 nitrogen and oxygen atoms in total. The van der Waals surface area contributed by atoms with E-state index in [4.69, 9.17) is 4.74 Å². The number of ether oxygens (including phenoxy) is 1. The van der Waals surface area contributed by atoms with Crippen LogP contribution in [0.1, 0.15) is 23.2 Å². The second-order valence-electron chi connectivity index (χ2n) is 4.77. The molecule has 1 aromatic rings. The zero-order chi connectivity index (χ0) is 14.7. The summed E-state index contributed by atoms with van der Waals surface area (Å²) in [7, 11) is 1.34. The summed E-state index contributed by atoms with van der Waals surface area (Å²) in [6.45, 7) is 0.889. The van der Waals surface area contributed by atoms with Crippen molar-refractivity contribution in [2.75, 3.05) is 20.2 Å². The first kappa shape index (κ1) is 15.0. The molecule has 0 N–H and O–H groups in total. The molecule has 1 saturated heterocycles. The zero-order valence-electron chi connectivity index (χ0n) is 11.1. The van der Waals surface area contributed by atoms with Gasteiger partial charge in [0.05, 0.1) is 13.0 Å². The van der Waals surface area contributed by atoms with Gasteiger partial charge in [-0.2, -0.15) is 0 Å². The third-order valence-electron chi connectivity index (χ3n) is 3.35. The Balaban J connectivity index is 2.14. The molecule has 0 spiro atoms. The van der Waals surface area contributed by atoms with Crippen LogP contribution in [0.4, 0.5) is 4.39 Å². The van der Waals surface area contributed by atoms with Crippen LogP contribution < -0.4 is 0 Å². The van der Waals surface area contributed by atoms with E-state index < -0.39 is 5.82 Å². The summed E-state index contributed by atoms with van der Waals surface area (Å²) in [5, 5.41) is 0. The van der Waals surface area contributed by atoms with E-state index in [2.05, 4.69) is 15.9 Å². The van der Waals surface area contributed by atoms with Gasteiger partial charge >= 0.3 is 5.97 Å². The molecule has 1 aromatic carbocycles. The van der Waals surface area contributed by atoms with E-state index in [-0.39, 0.29) is 23.4 Å². The number of methoxy groups -OCH3 is 1. The van der Waals surface area contributed by atoms with Gasteiger partial charge in [-0.05, 0) is 31.0 Å². The quantitative estimate of drug-likeness (QED) is 0.775. The van der Waals surface area contributed by atoms with Crippen LogP contribution in [0, 0.1) is 11.7 Å². The summed E-state index contributed by atoms with van der Waals surface area (Å²) in [5.74, 6) is -1.33. The number of piperidine rings is 1. The molecule has 0 aliphatic carbocycles. The summed E-state index contributed by atoms with van der Waals surface area (Å²) < 4.78 is 18.6. The minimum Gasteiger partial charge on any atom is -0.469 e. The van der Waals surface area contributed by atoms with E-state index in [9.17, 15) is 14.0 Å². The van der Waals surface area contributed by atoms with E-state index in [1.807, 2.05) is 0 Å². The summed E-state index contributed by atoms with van der Waals surface area (Å²) in [5.41, 5.74) is 0.280. The molecule has 1 fully saturated rings. The molecule has 2 rings (SSSR count). The van der Waals surface area contributed by atoms with Crippen LogP contribution >= 0.6 is 15.9 Å². The Hall–Kier alpha value is -1.43. The van der Waals surface area contributed by atoms with Gasteiger partial charge in [0.15, 0.2) is 0 Å². The maximum Gasteiger partial charge on any atom is 0.310 e. The molecule has 1 aliphatic rings. The number of carbonyl (C=O) groups excluding carboxylic acids is 2. The van der Waals surface area contributed by atoms with E-state index >= 15 is 0 Å². The van der Waals surface area contributed by atoms with Crippen molar-refractivity contribution >= 4 is 27.8 Å². The Morgan fingerprint density at radius 1 is 1.40 bits per heavy atom. The second-order valence-corrected chi connectivity index (χ2v) is 5.69. The normalized spacial score (nSPS) is 18.8. The first-order chi connectivity index (χ1) is 9.51. The van der Waals surface area contributed by atoms with Gasteiger partial charge < -0.3 is 9.64 Å². The summed E-state index contributed by atoms with van der Waals surface area (Å²) in [4.78, 5) is 25.5. The number of halogens is 2. The van der Waals surface area contributed by atoms with Gasteiger partial charge in [0, 0.05) is 23.1 Å².